The van der Waals surface area contributed by atoms with Crippen molar-refractivity contribution in [3.8, 4) is 11.5 Å². The van der Waals surface area contributed by atoms with Crippen molar-refractivity contribution in [2.45, 2.75) is 0 Å². The molecule has 1 aliphatic heterocycles. The van der Waals surface area contributed by atoms with E-state index in [9.17, 15) is 0 Å². The van der Waals surface area contributed by atoms with Crippen molar-refractivity contribution >= 4 is 70.5 Å². The molecule has 0 unspecified atom stereocenters. The first-order chi connectivity index (χ1) is 16.9. The zero-order chi connectivity index (χ0) is 22.2. The third-order valence-corrected chi connectivity index (χ3v) is 7.86. The molecule has 0 radical (unpaired) electrons. The Hall–Kier alpha value is -4.28. The normalized spacial score (nSPS) is 12.9. The topological polar surface area (TPSA) is 25.6 Å². The molecule has 7 aromatic rings. The van der Waals surface area contributed by atoms with Gasteiger partial charge >= 0.3 is 0 Å². The Kier molecular flexibility index (Phi) is 3.54. The van der Waals surface area contributed by atoms with Gasteiger partial charge in [-0.05, 0) is 54.6 Å². The number of benzene rings is 5. The molecule has 0 saturated heterocycles. The molecule has 0 N–H and O–H groups in total. The van der Waals surface area contributed by atoms with Gasteiger partial charge in [0.05, 0.1) is 22.4 Å². The third kappa shape index (κ3) is 2.35. The highest BCUT2D eigenvalue weighted by Crippen LogP contribution is 2.53. The van der Waals surface area contributed by atoms with E-state index in [0.717, 1.165) is 45.1 Å². The molecule has 1 aliphatic rings. The van der Waals surface area contributed by atoms with Crippen molar-refractivity contribution < 1.29 is 9.15 Å². The van der Waals surface area contributed by atoms with Crippen LogP contribution in [0.2, 0.25) is 0 Å². The number of ether oxygens (including phenoxy) is 1. The molecule has 0 aliphatic carbocycles. The molecule has 5 aromatic carbocycles. The summed E-state index contributed by atoms with van der Waals surface area (Å²) in [5, 5.41) is 4.86. The van der Waals surface area contributed by atoms with Crippen LogP contribution in [0.5, 0.6) is 11.5 Å². The molecule has 3 nitrogen and oxygen atoms in total. The summed E-state index contributed by atoms with van der Waals surface area (Å²) < 4.78 is 15.2. The van der Waals surface area contributed by atoms with Gasteiger partial charge in [-0.15, -0.1) is 11.3 Å². The van der Waals surface area contributed by atoms with Crippen LogP contribution in [0, 0.1) is 0 Å². The Morgan fingerprint density at radius 3 is 2.03 bits per heavy atom. The second-order valence-electron chi connectivity index (χ2n) is 8.54. The molecule has 0 spiro atoms. The number of para-hydroxylation sites is 4. The fourth-order valence-electron chi connectivity index (χ4n) is 5.22. The van der Waals surface area contributed by atoms with Gasteiger partial charge in [-0.2, -0.15) is 0 Å². The Morgan fingerprint density at radius 1 is 0.529 bits per heavy atom. The molecule has 2 aromatic heterocycles. The van der Waals surface area contributed by atoms with Crippen molar-refractivity contribution in [2.24, 2.45) is 0 Å². The molecular weight excluding hydrogens is 438 g/mol. The van der Waals surface area contributed by atoms with Crippen molar-refractivity contribution in [3.05, 3.63) is 103 Å². The molecule has 0 saturated carbocycles. The number of thiophene rings is 1. The number of rotatable bonds is 1. The number of furan rings is 1. The van der Waals surface area contributed by atoms with Crippen LogP contribution < -0.4 is 9.64 Å². The standard InChI is InChI=1S/C30H17NO2S/c1-6-15-27-18(8-1)19-16-17-26-29(30(19)34-27)28-22(11-7-14-25(28)33-26)31-20-9-2-4-12-23(20)32-24-13-5-3-10-21(24)31/h1-17H. The van der Waals surface area contributed by atoms with Gasteiger partial charge < -0.3 is 14.1 Å². The number of nitrogens with zero attached hydrogens (tertiary/aromatic N) is 1. The average molecular weight is 456 g/mol. The second kappa shape index (κ2) is 6.62. The molecule has 8 rings (SSSR count). The highest BCUT2D eigenvalue weighted by atomic mass is 32.1. The van der Waals surface area contributed by atoms with E-state index < -0.39 is 0 Å². The van der Waals surface area contributed by atoms with Gasteiger partial charge in [0, 0.05) is 25.6 Å². The maximum absolute atomic E-state index is 6.41. The molecule has 0 amide bonds. The van der Waals surface area contributed by atoms with Gasteiger partial charge in [0.2, 0.25) is 0 Å². The molecule has 4 heteroatoms. The summed E-state index contributed by atoms with van der Waals surface area (Å²) in [6, 6.07) is 35.7. The molecule has 0 bridgehead atoms. The lowest BCUT2D eigenvalue weighted by Crippen LogP contribution is -2.15. The highest BCUT2D eigenvalue weighted by molar-refractivity contribution is 7.26. The summed E-state index contributed by atoms with van der Waals surface area (Å²) in [7, 11) is 0. The van der Waals surface area contributed by atoms with Crippen LogP contribution in [-0.4, -0.2) is 0 Å². The van der Waals surface area contributed by atoms with Crippen LogP contribution in [0.15, 0.2) is 108 Å². The van der Waals surface area contributed by atoms with E-state index in [2.05, 4.69) is 83.8 Å². The zero-order valence-electron chi connectivity index (χ0n) is 18.0. The Balaban J connectivity index is 1.53. The van der Waals surface area contributed by atoms with Gasteiger partial charge in [-0.25, -0.2) is 0 Å². The first-order valence-electron chi connectivity index (χ1n) is 11.3. The van der Waals surface area contributed by atoms with E-state index in [0.29, 0.717) is 0 Å². The van der Waals surface area contributed by atoms with E-state index in [1.807, 2.05) is 35.6 Å². The average Bonchev–Trinajstić information content (AvgIpc) is 3.45. The number of hydrogen-bond acceptors (Lipinski definition) is 4. The van der Waals surface area contributed by atoms with Crippen molar-refractivity contribution in [3.63, 3.8) is 0 Å². The zero-order valence-corrected chi connectivity index (χ0v) is 18.8. The summed E-state index contributed by atoms with van der Waals surface area (Å²) in [5.41, 5.74) is 4.93. The van der Waals surface area contributed by atoms with Gasteiger partial charge in [-0.3, -0.25) is 0 Å². The minimum Gasteiger partial charge on any atom is -0.456 e. The molecular formula is C30H17NO2S. The van der Waals surface area contributed by atoms with Crippen molar-refractivity contribution in [1.29, 1.82) is 0 Å². The van der Waals surface area contributed by atoms with E-state index in [1.54, 1.807) is 0 Å². The van der Waals surface area contributed by atoms with Crippen LogP contribution in [0.1, 0.15) is 0 Å². The lowest BCUT2D eigenvalue weighted by atomic mass is 10.0. The minimum atomic E-state index is 0.845. The van der Waals surface area contributed by atoms with Crippen LogP contribution in [0.25, 0.3) is 42.1 Å². The first kappa shape index (κ1) is 18.2. The Morgan fingerprint density at radius 2 is 1.21 bits per heavy atom. The van der Waals surface area contributed by atoms with Crippen LogP contribution in [-0.2, 0) is 0 Å². The Bertz CT molecular complexity index is 1870. The van der Waals surface area contributed by atoms with E-state index in [1.165, 1.54) is 25.6 Å². The molecule has 0 atom stereocenters. The second-order valence-corrected chi connectivity index (χ2v) is 9.59. The molecule has 0 fully saturated rings. The summed E-state index contributed by atoms with van der Waals surface area (Å²) in [6.45, 7) is 0. The van der Waals surface area contributed by atoms with Crippen molar-refractivity contribution in [2.75, 3.05) is 4.90 Å². The highest BCUT2D eigenvalue weighted by Gasteiger charge is 2.28. The third-order valence-electron chi connectivity index (χ3n) is 6.66. The summed E-state index contributed by atoms with van der Waals surface area (Å²) in [6.07, 6.45) is 0. The number of anilines is 3. The predicted octanol–water partition coefficient (Wildman–Crippen LogP) is 9.53. The Labute approximate surface area is 199 Å². The summed E-state index contributed by atoms with van der Waals surface area (Å²) in [5.74, 6) is 1.69. The number of fused-ring (bicyclic) bond motifs is 9. The summed E-state index contributed by atoms with van der Waals surface area (Å²) >= 11 is 1.83. The lowest BCUT2D eigenvalue weighted by Gasteiger charge is -2.33. The monoisotopic (exact) mass is 455 g/mol. The fourth-order valence-corrected chi connectivity index (χ4v) is 6.46. The quantitative estimate of drug-likeness (QED) is 0.246. The maximum Gasteiger partial charge on any atom is 0.151 e. The predicted molar refractivity (Wildman–Crippen MR) is 141 cm³/mol. The minimum absolute atomic E-state index is 0.845. The largest absolute Gasteiger partial charge is 0.456 e. The first-order valence-corrected chi connectivity index (χ1v) is 12.1. The van der Waals surface area contributed by atoms with Gasteiger partial charge in [0.25, 0.3) is 0 Å². The maximum atomic E-state index is 6.41. The van der Waals surface area contributed by atoms with Gasteiger partial charge in [0.1, 0.15) is 11.2 Å². The van der Waals surface area contributed by atoms with Crippen LogP contribution >= 0.6 is 11.3 Å². The van der Waals surface area contributed by atoms with Gasteiger partial charge in [0.15, 0.2) is 11.5 Å². The smallest absolute Gasteiger partial charge is 0.151 e. The van der Waals surface area contributed by atoms with Crippen LogP contribution in [0.3, 0.4) is 0 Å². The van der Waals surface area contributed by atoms with Gasteiger partial charge in [-0.1, -0.05) is 48.5 Å². The summed E-state index contributed by atoms with van der Waals surface area (Å²) in [4.78, 5) is 2.30. The van der Waals surface area contributed by atoms with E-state index >= 15 is 0 Å². The SMILES string of the molecule is c1ccc2c(c1)Oc1ccccc1N2c1cccc2oc3ccc4c5ccccc5sc4c3c12. The van der Waals surface area contributed by atoms with E-state index in [-0.39, 0.29) is 0 Å². The molecule has 34 heavy (non-hydrogen) atoms. The fraction of sp³-hybridized carbons (Fsp3) is 0. The van der Waals surface area contributed by atoms with Crippen molar-refractivity contribution in [1.82, 2.24) is 0 Å². The lowest BCUT2D eigenvalue weighted by molar-refractivity contribution is 0.477. The number of hydrogen-bond donors (Lipinski definition) is 0. The van der Waals surface area contributed by atoms with Crippen LogP contribution in [0.4, 0.5) is 17.1 Å². The molecule has 3 heterocycles. The molecule has 160 valence electrons. The van der Waals surface area contributed by atoms with E-state index in [4.69, 9.17) is 9.15 Å².